The number of urea groups is 1. The number of carbonyl (C=O) groups excluding carboxylic acids is 3. The minimum absolute atomic E-state index is 0.0186. The largest absolute Gasteiger partial charge is 0.416 e. The third kappa shape index (κ3) is 4.52. The maximum atomic E-state index is 13.6. The number of nitrogens with zero attached hydrogens (tertiary/aromatic N) is 2. The van der Waals surface area contributed by atoms with Crippen molar-refractivity contribution in [3.8, 4) is 0 Å². The van der Waals surface area contributed by atoms with E-state index in [1.54, 1.807) is 6.92 Å². The summed E-state index contributed by atoms with van der Waals surface area (Å²) >= 11 is 0. The molecule has 0 radical (unpaired) electrons. The zero-order valence-electron chi connectivity index (χ0n) is 17.5. The number of alkyl halides is 3. The van der Waals surface area contributed by atoms with Crippen molar-refractivity contribution in [3.05, 3.63) is 46.7 Å². The Bertz CT molecular complexity index is 927. The van der Waals surface area contributed by atoms with Gasteiger partial charge in [0.05, 0.1) is 29.4 Å². The third-order valence-corrected chi connectivity index (χ3v) is 5.23. The highest BCUT2D eigenvalue weighted by atomic mass is 19.4. The number of hydrogen-bond acceptors (Lipinski definition) is 3. The van der Waals surface area contributed by atoms with Gasteiger partial charge in [0.25, 0.3) is 5.91 Å². The maximum Gasteiger partial charge on any atom is 0.416 e. The SMILES string of the molecule is CCN1C(=O)N[C@@H](c2ccccc2C(F)(F)F)C2=C1CN(CC(=O)NCC(C)C)C2=O. The van der Waals surface area contributed by atoms with E-state index >= 15 is 0 Å². The van der Waals surface area contributed by atoms with Crippen LogP contribution in [-0.2, 0) is 15.8 Å². The van der Waals surface area contributed by atoms with Gasteiger partial charge in [0.15, 0.2) is 0 Å². The smallest absolute Gasteiger partial charge is 0.354 e. The minimum atomic E-state index is -4.65. The number of rotatable bonds is 6. The molecule has 0 saturated heterocycles. The monoisotopic (exact) mass is 438 g/mol. The first-order valence-corrected chi connectivity index (χ1v) is 10.1. The van der Waals surface area contributed by atoms with E-state index in [1.807, 2.05) is 13.8 Å². The van der Waals surface area contributed by atoms with Crippen molar-refractivity contribution in [2.75, 3.05) is 26.2 Å². The van der Waals surface area contributed by atoms with E-state index in [1.165, 1.54) is 28.0 Å². The van der Waals surface area contributed by atoms with Crippen LogP contribution in [0.5, 0.6) is 0 Å². The molecule has 2 aliphatic rings. The number of benzene rings is 1. The first kappa shape index (κ1) is 22.6. The Hall–Kier alpha value is -3.04. The molecule has 1 aromatic rings. The van der Waals surface area contributed by atoms with Crippen LogP contribution in [0.25, 0.3) is 0 Å². The molecule has 10 heteroatoms. The second kappa shape index (κ2) is 8.60. The van der Waals surface area contributed by atoms with Gasteiger partial charge in [-0.3, -0.25) is 14.5 Å². The van der Waals surface area contributed by atoms with Crippen LogP contribution in [0, 0.1) is 5.92 Å². The first-order valence-electron chi connectivity index (χ1n) is 10.1. The van der Waals surface area contributed by atoms with Gasteiger partial charge < -0.3 is 15.5 Å². The summed E-state index contributed by atoms with van der Waals surface area (Å²) in [5.41, 5.74) is -0.728. The van der Waals surface area contributed by atoms with Gasteiger partial charge in [0.1, 0.15) is 6.54 Å². The molecule has 31 heavy (non-hydrogen) atoms. The molecule has 0 fully saturated rings. The van der Waals surface area contributed by atoms with E-state index < -0.39 is 29.7 Å². The van der Waals surface area contributed by atoms with Crippen LogP contribution in [0.4, 0.5) is 18.0 Å². The molecule has 4 amide bonds. The second-order valence-corrected chi connectivity index (χ2v) is 7.93. The summed E-state index contributed by atoms with van der Waals surface area (Å²) in [5.74, 6) is -0.697. The predicted molar refractivity (Wildman–Crippen MR) is 107 cm³/mol. The normalized spacial score (nSPS) is 19.1. The summed E-state index contributed by atoms with van der Waals surface area (Å²) < 4.78 is 40.8. The lowest BCUT2D eigenvalue weighted by Gasteiger charge is -2.33. The maximum absolute atomic E-state index is 13.6. The van der Waals surface area contributed by atoms with Gasteiger partial charge >= 0.3 is 12.2 Å². The highest BCUT2D eigenvalue weighted by Gasteiger charge is 2.46. The number of carbonyl (C=O) groups is 3. The van der Waals surface area contributed by atoms with E-state index in [2.05, 4.69) is 10.6 Å². The van der Waals surface area contributed by atoms with Crippen molar-refractivity contribution >= 4 is 17.8 Å². The zero-order valence-corrected chi connectivity index (χ0v) is 17.5. The molecule has 168 valence electrons. The Morgan fingerprint density at radius 3 is 2.55 bits per heavy atom. The molecule has 2 N–H and O–H groups in total. The molecule has 0 aromatic heterocycles. The molecule has 1 atom stereocenters. The highest BCUT2D eigenvalue weighted by Crippen LogP contribution is 2.41. The summed E-state index contributed by atoms with van der Waals surface area (Å²) in [6, 6.07) is 3.03. The second-order valence-electron chi connectivity index (χ2n) is 7.93. The lowest BCUT2D eigenvalue weighted by Crippen LogP contribution is -2.47. The van der Waals surface area contributed by atoms with Crippen molar-refractivity contribution in [1.29, 1.82) is 0 Å². The number of halogens is 3. The Labute approximate surface area is 178 Å². The molecule has 7 nitrogen and oxygen atoms in total. The lowest BCUT2D eigenvalue weighted by atomic mass is 9.91. The topological polar surface area (TPSA) is 81.8 Å². The summed E-state index contributed by atoms with van der Waals surface area (Å²) in [4.78, 5) is 40.6. The molecule has 1 aromatic carbocycles. The van der Waals surface area contributed by atoms with Crippen LogP contribution in [0.15, 0.2) is 35.5 Å². The predicted octanol–water partition coefficient (Wildman–Crippen LogP) is 2.66. The first-order chi connectivity index (χ1) is 14.5. The van der Waals surface area contributed by atoms with Gasteiger partial charge in [-0.1, -0.05) is 32.0 Å². The van der Waals surface area contributed by atoms with E-state index in [9.17, 15) is 27.6 Å². The zero-order chi connectivity index (χ0) is 22.9. The quantitative estimate of drug-likeness (QED) is 0.717. The fraction of sp³-hybridized carbons (Fsp3) is 0.476. The molecular formula is C21H25F3N4O3. The Kier molecular flexibility index (Phi) is 6.28. The lowest BCUT2D eigenvalue weighted by molar-refractivity contribution is -0.138. The standard InChI is InChI=1S/C21H25F3N4O3/c1-4-28-15-10-27(11-16(29)25-9-12(2)3)19(30)17(15)18(26-20(28)31)13-7-5-6-8-14(13)21(22,23)24/h5-8,12,18H,4,9-11H2,1-3H3,(H,25,29)(H,26,31)/t18-/m0/s1. The average Bonchev–Trinajstić information content (AvgIpc) is 3.01. The van der Waals surface area contributed by atoms with Crippen molar-refractivity contribution in [3.63, 3.8) is 0 Å². The number of hydrogen-bond donors (Lipinski definition) is 2. The van der Waals surface area contributed by atoms with Crippen molar-refractivity contribution < 1.29 is 27.6 Å². The van der Waals surface area contributed by atoms with E-state index in [-0.39, 0.29) is 42.6 Å². The Morgan fingerprint density at radius 1 is 1.26 bits per heavy atom. The molecule has 0 aliphatic carbocycles. The van der Waals surface area contributed by atoms with E-state index in [0.29, 0.717) is 12.2 Å². The molecule has 2 aliphatic heterocycles. The number of likely N-dealkylation sites (N-methyl/N-ethyl adjacent to an activating group) is 1. The van der Waals surface area contributed by atoms with Crippen molar-refractivity contribution in [2.24, 2.45) is 5.92 Å². The fourth-order valence-corrected chi connectivity index (χ4v) is 3.80. The van der Waals surface area contributed by atoms with Gasteiger partial charge in [-0.2, -0.15) is 13.2 Å². The van der Waals surface area contributed by atoms with Crippen molar-refractivity contribution in [1.82, 2.24) is 20.4 Å². The molecular weight excluding hydrogens is 413 g/mol. The van der Waals surface area contributed by atoms with E-state index in [0.717, 1.165) is 6.07 Å². The number of amides is 4. The molecule has 0 saturated carbocycles. The fourth-order valence-electron chi connectivity index (χ4n) is 3.80. The van der Waals surface area contributed by atoms with Gasteiger partial charge in [-0.15, -0.1) is 0 Å². The van der Waals surface area contributed by atoms with Gasteiger partial charge in [0, 0.05) is 13.1 Å². The van der Waals surface area contributed by atoms with Crippen LogP contribution in [0.1, 0.15) is 37.9 Å². The average molecular weight is 438 g/mol. The van der Waals surface area contributed by atoms with Gasteiger partial charge in [-0.25, -0.2) is 4.79 Å². The van der Waals surface area contributed by atoms with Crippen molar-refractivity contribution in [2.45, 2.75) is 33.0 Å². The van der Waals surface area contributed by atoms with Gasteiger partial charge in [0.2, 0.25) is 5.91 Å². The molecule has 0 spiro atoms. The molecule has 0 unspecified atom stereocenters. The van der Waals surface area contributed by atoms with Crippen LogP contribution in [0.2, 0.25) is 0 Å². The summed E-state index contributed by atoms with van der Waals surface area (Å²) in [5, 5.41) is 5.26. The third-order valence-electron chi connectivity index (χ3n) is 5.23. The molecule has 2 heterocycles. The summed E-state index contributed by atoms with van der Waals surface area (Å²) in [6.45, 7) is 5.99. The van der Waals surface area contributed by atoms with E-state index in [4.69, 9.17) is 0 Å². The Balaban J connectivity index is 1.96. The molecule has 3 rings (SSSR count). The van der Waals surface area contributed by atoms with Crippen LogP contribution in [-0.4, -0.2) is 53.8 Å². The summed E-state index contributed by atoms with van der Waals surface area (Å²) in [6.07, 6.45) is -4.65. The van der Waals surface area contributed by atoms with Crippen LogP contribution < -0.4 is 10.6 Å². The molecule has 0 bridgehead atoms. The van der Waals surface area contributed by atoms with Crippen LogP contribution >= 0.6 is 0 Å². The minimum Gasteiger partial charge on any atom is -0.354 e. The highest BCUT2D eigenvalue weighted by molar-refractivity contribution is 6.03. The Morgan fingerprint density at radius 2 is 1.94 bits per heavy atom. The number of nitrogens with one attached hydrogen (secondary N) is 2. The van der Waals surface area contributed by atoms with Crippen LogP contribution in [0.3, 0.4) is 0 Å². The summed E-state index contributed by atoms with van der Waals surface area (Å²) in [7, 11) is 0. The van der Waals surface area contributed by atoms with Gasteiger partial charge in [-0.05, 0) is 24.5 Å².